The number of nitrogens with zero attached hydrogens (tertiary/aromatic N) is 2. The van der Waals surface area contributed by atoms with Gasteiger partial charge in [-0.1, -0.05) is 42.5 Å². The lowest BCUT2D eigenvalue weighted by Gasteiger charge is -2.58. The third kappa shape index (κ3) is 3.40. The van der Waals surface area contributed by atoms with Crippen LogP contribution in [0.3, 0.4) is 0 Å². The van der Waals surface area contributed by atoms with Crippen LogP contribution < -0.4 is 9.22 Å². The molecule has 0 unspecified atom stereocenters. The molecule has 0 aliphatic carbocycles. The molecule has 0 amide bonds. The smallest absolute Gasteiger partial charge is 0.149 e. The van der Waals surface area contributed by atoms with Gasteiger partial charge in [-0.15, -0.1) is 6.58 Å². The van der Waals surface area contributed by atoms with E-state index >= 15 is 0 Å². The van der Waals surface area contributed by atoms with Crippen molar-refractivity contribution in [1.29, 1.82) is 0 Å². The molecule has 4 heterocycles. The summed E-state index contributed by atoms with van der Waals surface area (Å²) in [6.07, 6.45) is 5.46. The third-order valence-corrected chi connectivity index (χ3v) is 9.38. The number of aromatic nitrogens is 1. The first-order valence-corrected chi connectivity index (χ1v) is 13.6. The summed E-state index contributed by atoms with van der Waals surface area (Å²) in [5.41, 5.74) is 3.16. The van der Waals surface area contributed by atoms with Crippen molar-refractivity contribution in [3.63, 3.8) is 0 Å². The molecule has 4 heteroatoms. The van der Waals surface area contributed by atoms with Gasteiger partial charge in [-0.25, -0.2) is 0 Å². The fourth-order valence-electron chi connectivity index (χ4n) is 7.58. The van der Waals surface area contributed by atoms with Crippen LogP contribution in [0, 0.1) is 11.8 Å². The van der Waals surface area contributed by atoms with Crippen molar-refractivity contribution in [1.82, 2.24) is 9.47 Å². The van der Waals surface area contributed by atoms with Gasteiger partial charge in [-0.3, -0.25) is 9.47 Å². The van der Waals surface area contributed by atoms with E-state index in [-0.39, 0.29) is 6.04 Å². The number of quaternary nitrogens is 1. The van der Waals surface area contributed by atoms with E-state index in [4.69, 9.17) is 4.74 Å². The zero-order chi connectivity index (χ0) is 25.9. The normalized spacial score (nSPS) is 25.6. The summed E-state index contributed by atoms with van der Waals surface area (Å²) in [7, 11) is 1.68. The molecule has 1 N–H and O–H groups in total. The zero-order valence-corrected chi connectivity index (χ0v) is 21.8. The Morgan fingerprint density at radius 2 is 1.71 bits per heavy atom. The molecule has 3 saturated heterocycles. The van der Waals surface area contributed by atoms with Crippen molar-refractivity contribution in [2.75, 3.05) is 20.2 Å². The molecule has 0 saturated carbocycles. The Morgan fingerprint density at radius 1 is 0.974 bits per heavy atom. The maximum atomic E-state index is 12.3. The van der Waals surface area contributed by atoms with Crippen LogP contribution in [0.1, 0.15) is 24.5 Å². The lowest BCUT2D eigenvalue weighted by atomic mass is 9.70. The molecule has 190 valence electrons. The molecule has 4 aromatic carbocycles. The number of hydrogen-bond donors (Lipinski definition) is 1. The molecule has 8 rings (SSSR count). The van der Waals surface area contributed by atoms with E-state index < -0.39 is 6.10 Å². The Bertz CT molecular complexity index is 1640. The van der Waals surface area contributed by atoms with Crippen molar-refractivity contribution in [3.05, 3.63) is 103 Å². The van der Waals surface area contributed by atoms with Crippen molar-refractivity contribution >= 4 is 38.1 Å². The first kappa shape index (κ1) is 23.4. The van der Waals surface area contributed by atoms with Gasteiger partial charge in [-0.2, -0.15) is 0 Å². The average molecular weight is 502 g/mol. The Morgan fingerprint density at radius 3 is 2.42 bits per heavy atom. The van der Waals surface area contributed by atoms with Gasteiger partial charge < -0.3 is 9.84 Å². The van der Waals surface area contributed by atoms with E-state index in [1.807, 2.05) is 30.5 Å². The van der Waals surface area contributed by atoms with Gasteiger partial charge in [-0.05, 0) is 64.7 Å². The number of methoxy groups -OCH3 is 1. The van der Waals surface area contributed by atoms with Crippen LogP contribution in [0.15, 0.2) is 97.7 Å². The lowest BCUT2D eigenvalue weighted by Crippen LogP contribution is -2.69. The SMILES string of the molecule is C=C[C@H]1C[N@+]2(c3c4ccccc4cc4ccccc34)CC[C@H]1C[C@@H]2[C@@H](O)c1ccnc2ccc(OC)cc12. The van der Waals surface area contributed by atoms with Crippen molar-refractivity contribution in [3.8, 4) is 5.75 Å². The van der Waals surface area contributed by atoms with Crippen LogP contribution in [0.5, 0.6) is 5.75 Å². The van der Waals surface area contributed by atoms with E-state index in [1.54, 1.807) is 7.11 Å². The molecule has 38 heavy (non-hydrogen) atoms. The monoisotopic (exact) mass is 501 g/mol. The van der Waals surface area contributed by atoms with E-state index in [0.29, 0.717) is 11.8 Å². The molecule has 0 radical (unpaired) electrons. The highest BCUT2D eigenvalue weighted by Crippen LogP contribution is 2.53. The number of ether oxygens (including phenoxy) is 1. The molecule has 3 aliphatic heterocycles. The molecule has 5 atom stereocenters. The molecule has 2 bridgehead atoms. The molecule has 3 aliphatic rings. The predicted molar refractivity (Wildman–Crippen MR) is 156 cm³/mol. The second-order valence-electron chi connectivity index (χ2n) is 11.1. The second-order valence-corrected chi connectivity index (χ2v) is 11.1. The number of rotatable bonds is 5. The third-order valence-electron chi connectivity index (χ3n) is 9.38. The van der Waals surface area contributed by atoms with Crippen LogP contribution in [0.25, 0.3) is 32.4 Å². The lowest BCUT2D eigenvalue weighted by molar-refractivity contribution is -0.0380. The van der Waals surface area contributed by atoms with E-state index in [0.717, 1.165) is 52.6 Å². The number of fused-ring (bicyclic) bond motifs is 6. The maximum absolute atomic E-state index is 12.3. The van der Waals surface area contributed by atoms with Gasteiger partial charge >= 0.3 is 0 Å². The molecule has 4 nitrogen and oxygen atoms in total. The van der Waals surface area contributed by atoms with E-state index in [2.05, 4.69) is 72.2 Å². The largest absolute Gasteiger partial charge is 0.497 e. The van der Waals surface area contributed by atoms with Gasteiger partial charge in [0.1, 0.15) is 23.6 Å². The summed E-state index contributed by atoms with van der Waals surface area (Å²) in [6.45, 7) is 6.22. The Balaban J connectivity index is 1.49. The minimum Gasteiger partial charge on any atom is -0.497 e. The van der Waals surface area contributed by atoms with E-state index in [1.165, 1.54) is 27.2 Å². The van der Waals surface area contributed by atoms with Gasteiger partial charge in [0.05, 0.1) is 25.7 Å². The van der Waals surface area contributed by atoms with Gasteiger partial charge in [0.2, 0.25) is 0 Å². The summed E-state index contributed by atoms with van der Waals surface area (Å²) in [5, 5.41) is 18.4. The number of pyridine rings is 1. The summed E-state index contributed by atoms with van der Waals surface area (Å²) in [6, 6.07) is 27.8. The Hall–Kier alpha value is -3.73. The van der Waals surface area contributed by atoms with E-state index in [9.17, 15) is 5.11 Å². The molecule has 0 spiro atoms. The minimum absolute atomic E-state index is 0.0240. The highest BCUT2D eigenvalue weighted by molar-refractivity contribution is 6.10. The number of aliphatic hydroxyl groups is 1. The predicted octanol–water partition coefficient (Wildman–Crippen LogP) is 7.19. The average Bonchev–Trinajstić information content (AvgIpc) is 2.98. The van der Waals surface area contributed by atoms with Gasteiger partial charge in [0.15, 0.2) is 0 Å². The number of benzene rings is 4. The number of aliphatic hydroxyl groups excluding tert-OH is 1. The fourth-order valence-corrected chi connectivity index (χ4v) is 7.58. The maximum Gasteiger partial charge on any atom is 0.149 e. The second kappa shape index (κ2) is 8.93. The molecule has 3 fully saturated rings. The summed E-state index contributed by atoms with van der Waals surface area (Å²) in [5.74, 6) is 1.75. The number of piperidine rings is 3. The quantitative estimate of drug-likeness (QED) is 0.157. The fraction of sp³-hybridized carbons (Fsp3) is 0.265. The molecule has 5 aromatic rings. The van der Waals surface area contributed by atoms with Crippen LogP contribution in [-0.4, -0.2) is 36.3 Å². The van der Waals surface area contributed by atoms with Crippen molar-refractivity contribution in [2.24, 2.45) is 11.8 Å². The van der Waals surface area contributed by atoms with Crippen molar-refractivity contribution in [2.45, 2.75) is 25.0 Å². The van der Waals surface area contributed by atoms with Crippen LogP contribution >= 0.6 is 0 Å². The van der Waals surface area contributed by atoms with Crippen molar-refractivity contribution < 1.29 is 9.84 Å². The molecule has 1 aromatic heterocycles. The topological polar surface area (TPSA) is 42.4 Å². The Kier molecular flexibility index (Phi) is 5.50. The zero-order valence-electron chi connectivity index (χ0n) is 21.8. The summed E-state index contributed by atoms with van der Waals surface area (Å²) < 4.78 is 6.31. The Labute approximate surface area is 223 Å². The minimum atomic E-state index is -0.640. The summed E-state index contributed by atoms with van der Waals surface area (Å²) in [4.78, 5) is 4.59. The highest BCUT2D eigenvalue weighted by Gasteiger charge is 2.56. The first-order valence-electron chi connectivity index (χ1n) is 13.6. The number of hydrogen-bond acceptors (Lipinski definition) is 3. The summed E-state index contributed by atoms with van der Waals surface area (Å²) >= 11 is 0. The van der Waals surface area contributed by atoms with Gasteiger partial charge in [0.25, 0.3) is 0 Å². The van der Waals surface area contributed by atoms with Crippen LogP contribution in [-0.2, 0) is 0 Å². The van der Waals surface area contributed by atoms with Crippen LogP contribution in [0.2, 0.25) is 0 Å². The van der Waals surface area contributed by atoms with Crippen LogP contribution in [0.4, 0.5) is 5.69 Å². The molecular weight excluding hydrogens is 468 g/mol. The highest BCUT2D eigenvalue weighted by atomic mass is 16.5. The van der Waals surface area contributed by atoms with Gasteiger partial charge in [0, 0.05) is 41.1 Å². The molecular formula is C34H33N2O2+. The standard InChI is InChI=1S/C34H33N2O2/c1-3-22-21-36(33-27-10-6-4-8-24(27)18-25-9-5-7-11-28(25)33)17-15-23(22)19-32(36)34(37)29-14-16-35-31-13-12-26(38-2)20-30(29)31/h3-14,16,18,20,22-23,32,34,37H,1,15,17,19,21H2,2H3/q+1/t22-,23-,32+,34-,36+/m0/s1. The first-order chi connectivity index (χ1) is 18.6.